The van der Waals surface area contributed by atoms with Crippen molar-refractivity contribution in [1.82, 2.24) is 0 Å². The predicted molar refractivity (Wildman–Crippen MR) is 99.1 cm³/mol. The first kappa shape index (κ1) is 20.9. The first-order valence-electron chi connectivity index (χ1n) is 7.86. The molecule has 4 N–H and O–H groups in total. The molecule has 0 radical (unpaired) electrons. The predicted octanol–water partition coefficient (Wildman–Crippen LogP) is 2.82. The van der Waals surface area contributed by atoms with Crippen LogP contribution in [0.2, 0.25) is 0 Å². The van der Waals surface area contributed by atoms with E-state index in [1.54, 1.807) is 7.11 Å². The monoisotopic (exact) mass is 357 g/mol. The van der Waals surface area contributed by atoms with Crippen molar-refractivity contribution in [1.29, 1.82) is 0 Å². The highest BCUT2D eigenvalue weighted by Crippen LogP contribution is 2.23. The minimum Gasteiger partial charge on any atom is -0.497 e. The minimum atomic E-state index is -1.26. The molecule has 2 aromatic carbocycles. The molecule has 0 fully saturated rings. The third-order valence-corrected chi connectivity index (χ3v) is 3.53. The third kappa shape index (κ3) is 7.63. The van der Waals surface area contributed by atoms with Crippen molar-refractivity contribution < 1.29 is 24.5 Å². The van der Waals surface area contributed by atoms with E-state index in [2.05, 4.69) is 31.2 Å². The summed E-state index contributed by atoms with van der Waals surface area (Å²) in [6.45, 7) is 2.06. The van der Waals surface area contributed by atoms with Crippen LogP contribution in [0.4, 0.5) is 0 Å². The number of carbonyl (C=O) groups is 2. The molecule has 0 spiro atoms. The van der Waals surface area contributed by atoms with Crippen LogP contribution in [-0.2, 0) is 21.5 Å². The molecule has 0 bridgehead atoms. The Labute approximate surface area is 152 Å². The summed E-state index contributed by atoms with van der Waals surface area (Å²) in [6.07, 6.45) is 1.92. The third-order valence-electron chi connectivity index (χ3n) is 3.53. The lowest BCUT2D eigenvalue weighted by atomic mass is 9.87. The Morgan fingerprint density at radius 3 is 1.92 bits per heavy atom. The maximum atomic E-state index is 9.55. The van der Waals surface area contributed by atoms with Crippen LogP contribution in [0.1, 0.15) is 18.1 Å². The molecule has 0 aliphatic rings. The van der Waals surface area contributed by atoms with Crippen LogP contribution < -0.4 is 10.5 Å². The van der Waals surface area contributed by atoms with E-state index < -0.39 is 11.9 Å². The Kier molecular flexibility index (Phi) is 8.05. The summed E-state index contributed by atoms with van der Waals surface area (Å²) in [5, 5.41) is 15.6. The Morgan fingerprint density at radius 2 is 1.50 bits per heavy atom. The highest BCUT2D eigenvalue weighted by molar-refractivity contribution is 5.89. The molecule has 26 heavy (non-hydrogen) atoms. The summed E-state index contributed by atoms with van der Waals surface area (Å²) in [4.78, 5) is 19.1. The molecule has 0 aliphatic carbocycles. The van der Waals surface area contributed by atoms with Crippen LogP contribution in [-0.4, -0.2) is 29.3 Å². The van der Waals surface area contributed by atoms with E-state index in [0.717, 1.165) is 17.7 Å². The second-order valence-corrected chi connectivity index (χ2v) is 5.82. The van der Waals surface area contributed by atoms with Gasteiger partial charge in [-0.05, 0) is 36.6 Å². The molecule has 0 heterocycles. The quantitative estimate of drug-likeness (QED) is 0.686. The number of methoxy groups -OCH3 is 1. The van der Waals surface area contributed by atoms with E-state index in [0.29, 0.717) is 12.2 Å². The summed E-state index contributed by atoms with van der Waals surface area (Å²) in [5.74, 6) is -1.64. The number of benzene rings is 2. The van der Waals surface area contributed by atoms with Crippen LogP contribution in [0.15, 0.2) is 66.7 Å². The Bertz CT molecular complexity index is 721. The number of hydrogen-bond donors (Lipinski definition) is 3. The average molecular weight is 357 g/mol. The molecule has 0 amide bonds. The van der Waals surface area contributed by atoms with Crippen molar-refractivity contribution in [2.45, 2.75) is 18.9 Å². The number of hydrogen-bond acceptors (Lipinski definition) is 4. The van der Waals surface area contributed by atoms with Gasteiger partial charge in [-0.2, -0.15) is 0 Å². The largest absolute Gasteiger partial charge is 0.497 e. The fraction of sp³-hybridized carbons (Fsp3) is 0.200. The van der Waals surface area contributed by atoms with Crippen LogP contribution in [0.5, 0.6) is 5.75 Å². The van der Waals surface area contributed by atoms with E-state index in [4.69, 9.17) is 20.7 Å². The van der Waals surface area contributed by atoms with E-state index >= 15 is 0 Å². The molecular weight excluding hydrogens is 334 g/mol. The maximum absolute atomic E-state index is 9.55. The summed E-state index contributed by atoms with van der Waals surface area (Å²) in [6, 6.07) is 18.3. The highest BCUT2D eigenvalue weighted by Gasteiger charge is 2.21. The fourth-order valence-electron chi connectivity index (χ4n) is 2.23. The lowest BCUT2D eigenvalue weighted by molar-refractivity contribution is -0.134. The first-order chi connectivity index (χ1) is 12.2. The van der Waals surface area contributed by atoms with Gasteiger partial charge in [-0.3, -0.25) is 0 Å². The molecule has 2 aromatic rings. The second-order valence-electron chi connectivity index (χ2n) is 5.82. The number of carboxylic acids is 2. The van der Waals surface area contributed by atoms with Gasteiger partial charge in [0.25, 0.3) is 0 Å². The highest BCUT2D eigenvalue weighted by atomic mass is 16.5. The second kappa shape index (κ2) is 10.0. The molecule has 0 saturated carbocycles. The van der Waals surface area contributed by atoms with Gasteiger partial charge in [-0.1, -0.05) is 42.5 Å². The molecular formula is C20H23NO5. The van der Waals surface area contributed by atoms with Crippen molar-refractivity contribution >= 4 is 11.9 Å². The summed E-state index contributed by atoms with van der Waals surface area (Å²) >= 11 is 0. The summed E-state index contributed by atoms with van der Waals surface area (Å²) in [5.41, 5.74) is 8.42. The molecule has 0 aliphatic heterocycles. The standard InChI is InChI=1S/C16H19NO.C4H4O4/c1-16(17,14-6-4-3-5-7-14)12-13-8-10-15(18-2)11-9-13;5-3(6)1-2-4(7)8/h3-11H,12,17H2,1-2H3;1-2H,(H,5,6)(H,7,8). The van der Waals surface area contributed by atoms with Gasteiger partial charge in [0, 0.05) is 17.7 Å². The number of nitrogens with two attached hydrogens (primary N) is 1. The van der Waals surface area contributed by atoms with E-state index in [9.17, 15) is 9.59 Å². The Balaban J connectivity index is 0.000000359. The van der Waals surface area contributed by atoms with E-state index in [1.807, 2.05) is 30.3 Å². The minimum absolute atomic E-state index is 0.351. The van der Waals surface area contributed by atoms with Crippen molar-refractivity contribution in [2.24, 2.45) is 5.73 Å². The first-order valence-corrected chi connectivity index (χ1v) is 7.86. The van der Waals surface area contributed by atoms with Gasteiger partial charge < -0.3 is 20.7 Å². The van der Waals surface area contributed by atoms with E-state index in [1.165, 1.54) is 5.56 Å². The summed E-state index contributed by atoms with van der Waals surface area (Å²) in [7, 11) is 1.67. The zero-order valence-corrected chi connectivity index (χ0v) is 14.8. The van der Waals surface area contributed by atoms with Gasteiger partial charge in [0.1, 0.15) is 5.75 Å². The van der Waals surface area contributed by atoms with Crippen LogP contribution in [0.25, 0.3) is 0 Å². The van der Waals surface area contributed by atoms with Gasteiger partial charge in [-0.25, -0.2) is 9.59 Å². The molecule has 1 unspecified atom stereocenters. The van der Waals surface area contributed by atoms with Crippen molar-refractivity contribution in [3.8, 4) is 5.75 Å². The molecule has 2 rings (SSSR count). The van der Waals surface area contributed by atoms with Crippen molar-refractivity contribution in [3.63, 3.8) is 0 Å². The normalized spacial score (nSPS) is 12.6. The van der Waals surface area contributed by atoms with E-state index in [-0.39, 0.29) is 5.54 Å². The molecule has 0 saturated heterocycles. The molecule has 1 atom stereocenters. The summed E-state index contributed by atoms with van der Waals surface area (Å²) < 4.78 is 5.15. The van der Waals surface area contributed by atoms with Gasteiger partial charge in [-0.15, -0.1) is 0 Å². The zero-order chi connectivity index (χ0) is 19.6. The Morgan fingerprint density at radius 1 is 1.00 bits per heavy atom. The zero-order valence-electron chi connectivity index (χ0n) is 14.8. The van der Waals surface area contributed by atoms with Gasteiger partial charge in [0.15, 0.2) is 0 Å². The number of rotatable bonds is 6. The van der Waals surface area contributed by atoms with Crippen LogP contribution in [0.3, 0.4) is 0 Å². The van der Waals surface area contributed by atoms with Crippen LogP contribution in [0, 0.1) is 0 Å². The Hall–Kier alpha value is -3.12. The van der Waals surface area contributed by atoms with Gasteiger partial charge >= 0.3 is 11.9 Å². The maximum Gasteiger partial charge on any atom is 0.328 e. The van der Waals surface area contributed by atoms with Crippen molar-refractivity contribution in [2.75, 3.05) is 7.11 Å². The number of carboxylic acid groups (broad SMARTS) is 2. The van der Waals surface area contributed by atoms with Crippen molar-refractivity contribution in [3.05, 3.63) is 77.9 Å². The molecule has 138 valence electrons. The lowest BCUT2D eigenvalue weighted by Crippen LogP contribution is -2.35. The van der Waals surface area contributed by atoms with Gasteiger partial charge in [0.05, 0.1) is 7.11 Å². The molecule has 0 aromatic heterocycles. The number of ether oxygens (including phenoxy) is 1. The number of aliphatic carboxylic acids is 2. The fourth-order valence-corrected chi connectivity index (χ4v) is 2.23. The topological polar surface area (TPSA) is 110 Å². The smallest absolute Gasteiger partial charge is 0.328 e. The van der Waals surface area contributed by atoms with Gasteiger partial charge in [0.2, 0.25) is 0 Å². The molecule has 6 nitrogen and oxygen atoms in total. The average Bonchev–Trinajstić information content (AvgIpc) is 2.62. The lowest BCUT2D eigenvalue weighted by Gasteiger charge is -2.25. The SMILES string of the molecule is COc1ccc(CC(C)(N)c2ccccc2)cc1.O=C(O)C=CC(=O)O. The van der Waals surface area contributed by atoms with Crippen LogP contribution >= 0.6 is 0 Å². The molecule has 6 heteroatoms.